The minimum absolute atomic E-state index is 0.0154. The lowest BCUT2D eigenvalue weighted by Crippen LogP contribution is -2.55. The van der Waals surface area contributed by atoms with Gasteiger partial charge in [0.1, 0.15) is 0 Å². The summed E-state index contributed by atoms with van der Waals surface area (Å²) in [5.41, 5.74) is -0.0154. The Labute approximate surface area is 105 Å². The number of likely N-dealkylation sites (tertiary alicyclic amines) is 1. The van der Waals surface area contributed by atoms with Gasteiger partial charge in [-0.2, -0.15) is 0 Å². The summed E-state index contributed by atoms with van der Waals surface area (Å²) < 4.78 is 0. The molecule has 1 amide bonds. The molecule has 1 saturated heterocycles. The van der Waals surface area contributed by atoms with Gasteiger partial charge in [-0.25, -0.2) is 0 Å². The summed E-state index contributed by atoms with van der Waals surface area (Å²) in [7, 11) is 3.84. The summed E-state index contributed by atoms with van der Waals surface area (Å²) in [6.45, 7) is 9.26. The van der Waals surface area contributed by atoms with E-state index in [0.717, 1.165) is 25.9 Å². The van der Waals surface area contributed by atoms with Crippen LogP contribution in [-0.2, 0) is 4.79 Å². The molecule has 0 bridgehead atoms. The first-order chi connectivity index (χ1) is 7.82. The third kappa shape index (κ3) is 4.64. The maximum Gasteiger partial charge on any atom is 0.234 e. The van der Waals surface area contributed by atoms with Gasteiger partial charge in [-0.15, -0.1) is 0 Å². The Hall–Kier alpha value is -0.610. The average Bonchev–Trinajstić information content (AvgIpc) is 2.15. The number of piperidine rings is 1. The van der Waals surface area contributed by atoms with Gasteiger partial charge in [-0.1, -0.05) is 0 Å². The van der Waals surface area contributed by atoms with E-state index in [9.17, 15) is 4.79 Å². The van der Waals surface area contributed by atoms with Gasteiger partial charge in [0, 0.05) is 24.7 Å². The molecule has 4 nitrogen and oxygen atoms in total. The Kier molecular flexibility index (Phi) is 4.95. The van der Waals surface area contributed by atoms with Crippen LogP contribution in [0.4, 0.5) is 0 Å². The van der Waals surface area contributed by atoms with Crippen LogP contribution in [0, 0.1) is 0 Å². The summed E-state index contributed by atoms with van der Waals surface area (Å²) in [5.74, 6) is 0.135. The third-order valence-corrected chi connectivity index (χ3v) is 3.53. The fraction of sp³-hybridized carbons (Fsp3) is 0.923. The molecule has 1 rings (SSSR count). The zero-order valence-corrected chi connectivity index (χ0v) is 11.9. The van der Waals surface area contributed by atoms with Crippen molar-refractivity contribution in [3.05, 3.63) is 0 Å². The quantitative estimate of drug-likeness (QED) is 0.795. The van der Waals surface area contributed by atoms with Gasteiger partial charge in [-0.3, -0.25) is 4.79 Å². The number of nitrogens with zero attached hydrogens (tertiary/aromatic N) is 2. The highest BCUT2D eigenvalue weighted by Crippen LogP contribution is 2.22. The van der Waals surface area contributed by atoms with Gasteiger partial charge >= 0.3 is 0 Å². The van der Waals surface area contributed by atoms with Crippen molar-refractivity contribution >= 4 is 5.91 Å². The van der Waals surface area contributed by atoms with E-state index in [0.29, 0.717) is 12.6 Å². The van der Waals surface area contributed by atoms with Crippen molar-refractivity contribution < 1.29 is 4.79 Å². The van der Waals surface area contributed by atoms with Crippen LogP contribution in [0.2, 0.25) is 0 Å². The van der Waals surface area contributed by atoms with E-state index in [-0.39, 0.29) is 11.4 Å². The van der Waals surface area contributed by atoms with Crippen LogP contribution < -0.4 is 5.32 Å². The van der Waals surface area contributed by atoms with Crippen molar-refractivity contribution in [3.63, 3.8) is 0 Å². The number of hydrogen-bond acceptors (Lipinski definition) is 3. The monoisotopic (exact) mass is 241 g/mol. The molecule has 1 aliphatic rings. The molecule has 0 radical (unpaired) electrons. The van der Waals surface area contributed by atoms with E-state index in [4.69, 9.17) is 0 Å². The van der Waals surface area contributed by atoms with Crippen molar-refractivity contribution in [3.8, 4) is 0 Å². The highest BCUT2D eigenvalue weighted by atomic mass is 16.2. The minimum atomic E-state index is -0.0154. The molecule has 0 atom stereocenters. The fourth-order valence-corrected chi connectivity index (χ4v) is 2.32. The first-order valence-electron chi connectivity index (χ1n) is 6.52. The molecule has 0 spiro atoms. The first-order valence-corrected chi connectivity index (χ1v) is 6.52. The summed E-state index contributed by atoms with van der Waals surface area (Å²) in [6.07, 6.45) is 2.09. The number of likely N-dealkylation sites (N-methyl/N-ethyl adjacent to an activating group) is 1. The molecule has 0 aromatic carbocycles. The second-order valence-electron chi connectivity index (χ2n) is 5.98. The maximum atomic E-state index is 11.8. The number of hydrogen-bond donors (Lipinski definition) is 1. The minimum Gasteiger partial charge on any atom is -0.350 e. The third-order valence-electron chi connectivity index (χ3n) is 3.53. The molecule has 1 aliphatic heterocycles. The SMILES string of the molecule is CC(C)N1CCC(C)(NC(=O)CN(C)C)CC1. The lowest BCUT2D eigenvalue weighted by atomic mass is 9.89. The lowest BCUT2D eigenvalue weighted by molar-refractivity contribution is -0.124. The Morgan fingerprint density at radius 3 is 2.29 bits per heavy atom. The molecule has 17 heavy (non-hydrogen) atoms. The van der Waals surface area contributed by atoms with Crippen LogP contribution >= 0.6 is 0 Å². The van der Waals surface area contributed by atoms with Crippen molar-refractivity contribution in [1.82, 2.24) is 15.1 Å². The van der Waals surface area contributed by atoms with Crippen LogP contribution in [0.1, 0.15) is 33.6 Å². The van der Waals surface area contributed by atoms with E-state index in [1.807, 2.05) is 19.0 Å². The van der Waals surface area contributed by atoms with Crippen LogP contribution in [0.3, 0.4) is 0 Å². The molecule has 0 aliphatic carbocycles. The second-order valence-corrected chi connectivity index (χ2v) is 5.98. The summed E-state index contributed by atoms with van der Waals surface area (Å²) in [4.78, 5) is 16.2. The molecule has 0 aromatic heterocycles. The van der Waals surface area contributed by atoms with E-state index in [1.165, 1.54) is 0 Å². The number of amides is 1. The molecule has 0 aromatic rings. The molecular formula is C13H27N3O. The van der Waals surface area contributed by atoms with Crippen molar-refractivity contribution in [2.24, 2.45) is 0 Å². The Bertz CT molecular complexity index is 255. The van der Waals surface area contributed by atoms with Crippen molar-refractivity contribution in [2.75, 3.05) is 33.7 Å². The molecule has 1 fully saturated rings. The zero-order valence-electron chi connectivity index (χ0n) is 11.9. The Balaban J connectivity index is 2.41. The summed E-state index contributed by atoms with van der Waals surface area (Å²) >= 11 is 0. The van der Waals surface area contributed by atoms with Gasteiger partial charge in [0.05, 0.1) is 6.54 Å². The van der Waals surface area contributed by atoms with E-state index >= 15 is 0 Å². The topological polar surface area (TPSA) is 35.6 Å². The van der Waals surface area contributed by atoms with Crippen molar-refractivity contribution in [2.45, 2.75) is 45.2 Å². The fourth-order valence-electron chi connectivity index (χ4n) is 2.32. The van der Waals surface area contributed by atoms with Crippen molar-refractivity contribution in [1.29, 1.82) is 0 Å². The highest BCUT2D eigenvalue weighted by Gasteiger charge is 2.31. The number of carbonyl (C=O) groups is 1. The average molecular weight is 241 g/mol. The lowest BCUT2D eigenvalue weighted by Gasteiger charge is -2.41. The zero-order chi connectivity index (χ0) is 13.1. The largest absolute Gasteiger partial charge is 0.350 e. The molecule has 4 heteroatoms. The summed E-state index contributed by atoms with van der Waals surface area (Å²) in [5, 5.41) is 3.18. The molecule has 0 saturated carbocycles. The smallest absolute Gasteiger partial charge is 0.234 e. The van der Waals surface area contributed by atoms with E-state index in [2.05, 4.69) is 31.0 Å². The van der Waals surface area contributed by atoms with Crippen LogP contribution in [0.15, 0.2) is 0 Å². The van der Waals surface area contributed by atoms with Gasteiger partial charge < -0.3 is 15.1 Å². The second kappa shape index (κ2) is 5.83. The number of rotatable bonds is 4. The van der Waals surface area contributed by atoms with E-state index < -0.39 is 0 Å². The standard InChI is InChI=1S/C13H27N3O/c1-11(2)16-8-6-13(3,7-9-16)14-12(17)10-15(4)5/h11H,6-10H2,1-5H3,(H,14,17). The van der Waals surface area contributed by atoms with Crippen LogP contribution in [-0.4, -0.2) is 61.0 Å². The van der Waals surface area contributed by atoms with Gasteiger partial charge in [0.15, 0.2) is 0 Å². The van der Waals surface area contributed by atoms with Gasteiger partial charge in [0.25, 0.3) is 0 Å². The van der Waals surface area contributed by atoms with E-state index in [1.54, 1.807) is 0 Å². The predicted molar refractivity (Wildman–Crippen MR) is 71.0 cm³/mol. The number of nitrogens with one attached hydrogen (secondary N) is 1. The van der Waals surface area contributed by atoms with Crippen LogP contribution in [0.5, 0.6) is 0 Å². The molecule has 1 heterocycles. The molecule has 0 unspecified atom stereocenters. The maximum absolute atomic E-state index is 11.8. The highest BCUT2D eigenvalue weighted by molar-refractivity contribution is 5.78. The molecule has 100 valence electrons. The Morgan fingerprint density at radius 1 is 1.35 bits per heavy atom. The normalized spacial score (nSPS) is 20.9. The summed E-state index contributed by atoms with van der Waals surface area (Å²) in [6, 6.07) is 0.608. The van der Waals surface area contributed by atoms with Crippen LogP contribution in [0.25, 0.3) is 0 Å². The van der Waals surface area contributed by atoms with Gasteiger partial charge in [-0.05, 0) is 47.7 Å². The molecular weight excluding hydrogens is 214 g/mol. The predicted octanol–water partition coefficient (Wildman–Crippen LogP) is 0.927. The number of carbonyl (C=O) groups excluding carboxylic acids is 1. The first kappa shape index (κ1) is 14.5. The molecule has 1 N–H and O–H groups in total. The van der Waals surface area contributed by atoms with Gasteiger partial charge in [0.2, 0.25) is 5.91 Å². The Morgan fingerprint density at radius 2 is 1.88 bits per heavy atom.